The topological polar surface area (TPSA) is 101 Å². The van der Waals surface area contributed by atoms with Crippen LogP contribution in [0.1, 0.15) is 64.1 Å². The molecule has 3 aromatic carbocycles. The number of carbonyl (C=O) groups excluding carboxylic acids is 3. The average molecular weight is 1160 g/mol. The van der Waals surface area contributed by atoms with E-state index in [2.05, 4.69) is 11.6 Å². The number of aryl methyl sites for hydroxylation is 3. The number of allylic oxidation sites excluding steroid dienone is 1. The molecule has 0 atom stereocenters. The SMILES string of the molecule is C=C1OCC(c2ccc(Cl)s2)=C1c1ccccn1.Cc1cccc(C2=C(c3ccc(Cl)s3)COC2=O)c1C.Cc1ccccc1C1=C(c2ccc(Cl)s2)COC1=O.Cc1ccccc1C1=C(c2ccc(Cl)s2)COC1=O. The minimum absolute atomic E-state index is 0.252. The second-order valence-corrected chi connectivity index (χ2v) is 24.2. The van der Waals surface area contributed by atoms with Crippen molar-refractivity contribution in [1.29, 1.82) is 0 Å². The van der Waals surface area contributed by atoms with Gasteiger partial charge in [-0.2, -0.15) is 0 Å². The summed E-state index contributed by atoms with van der Waals surface area (Å²) in [7, 11) is 0. The van der Waals surface area contributed by atoms with E-state index < -0.39 is 0 Å². The number of thiophene rings is 4. The van der Waals surface area contributed by atoms with Crippen LogP contribution >= 0.6 is 91.8 Å². The molecule has 9 heterocycles. The fraction of sp³-hybridized carbons (Fsp3) is 0.133. The van der Waals surface area contributed by atoms with Crippen LogP contribution in [0.3, 0.4) is 0 Å². The minimum atomic E-state index is -0.256. The standard InChI is InChI=1S/C16H13ClO2S.2C15H11ClO2S.C14H10ClNOS/c1-9-4-3-5-11(10(9)2)15-12(8-19-16(15)18)13-6-7-14(17)20-13;2*1-9-4-2-3-5-10(9)14-11(8-18-15(14)17)12-6-7-13(16)19-12;1-9-14(11-4-2-3-7-16-11)10(8-17-9)12-5-6-13(15)18-12/h3-7H,8H2,1-2H3;2*2-7H,8H2,1H3;2-7H,1,8H2. The van der Waals surface area contributed by atoms with Crippen LogP contribution in [0, 0.1) is 27.7 Å². The number of rotatable bonds is 8. The Morgan fingerprint density at radius 1 is 0.408 bits per heavy atom. The lowest BCUT2D eigenvalue weighted by atomic mass is 9.94. The molecule has 8 aromatic rings. The van der Waals surface area contributed by atoms with Crippen molar-refractivity contribution in [2.45, 2.75) is 27.7 Å². The highest BCUT2D eigenvalue weighted by Crippen LogP contribution is 2.43. The molecule has 16 heteroatoms. The van der Waals surface area contributed by atoms with Crippen LogP contribution in [-0.4, -0.2) is 49.3 Å². The van der Waals surface area contributed by atoms with E-state index >= 15 is 0 Å². The first-order chi connectivity index (χ1) is 36.7. The van der Waals surface area contributed by atoms with Gasteiger partial charge >= 0.3 is 17.9 Å². The molecule has 4 aliphatic rings. The number of nitrogens with zero attached hydrogens (tertiary/aromatic N) is 1. The van der Waals surface area contributed by atoms with Crippen molar-refractivity contribution in [3.8, 4) is 0 Å². The zero-order chi connectivity index (χ0) is 53.6. The van der Waals surface area contributed by atoms with Crippen molar-refractivity contribution in [2.75, 3.05) is 26.4 Å². The van der Waals surface area contributed by atoms with Gasteiger partial charge in [-0.3, -0.25) is 4.98 Å². The summed E-state index contributed by atoms with van der Waals surface area (Å²) in [6.07, 6.45) is 1.77. The second kappa shape index (κ2) is 24.3. The van der Waals surface area contributed by atoms with Crippen molar-refractivity contribution in [1.82, 2.24) is 4.98 Å². The van der Waals surface area contributed by atoms with Gasteiger partial charge in [0.1, 0.15) is 32.2 Å². The van der Waals surface area contributed by atoms with Crippen LogP contribution in [0.15, 0.2) is 152 Å². The summed E-state index contributed by atoms with van der Waals surface area (Å²) in [5, 5.41) is 0. The van der Waals surface area contributed by atoms with Crippen LogP contribution in [0.4, 0.5) is 0 Å². The van der Waals surface area contributed by atoms with Gasteiger partial charge in [-0.25, -0.2) is 14.4 Å². The van der Waals surface area contributed by atoms with E-state index in [1.807, 2.05) is 161 Å². The lowest BCUT2D eigenvalue weighted by Crippen LogP contribution is -2.01. The van der Waals surface area contributed by atoms with Gasteiger partial charge in [0.25, 0.3) is 0 Å². The highest BCUT2D eigenvalue weighted by atomic mass is 35.5. The van der Waals surface area contributed by atoms with E-state index in [1.165, 1.54) is 39.6 Å². The number of esters is 3. The van der Waals surface area contributed by atoms with Crippen LogP contribution in [0.2, 0.25) is 17.3 Å². The van der Waals surface area contributed by atoms with Crippen molar-refractivity contribution in [2.24, 2.45) is 0 Å². The predicted molar refractivity (Wildman–Crippen MR) is 315 cm³/mol. The van der Waals surface area contributed by atoms with Gasteiger partial charge in [-0.15, -0.1) is 45.3 Å². The highest BCUT2D eigenvalue weighted by Gasteiger charge is 2.32. The molecule has 8 nitrogen and oxygen atoms in total. The minimum Gasteiger partial charge on any atom is -0.489 e. The van der Waals surface area contributed by atoms with E-state index in [1.54, 1.807) is 17.5 Å². The number of ether oxygens (including phenoxy) is 4. The Kier molecular flexibility index (Phi) is 17.4. The fourth-order valence-corrected chi connectivity index (χ4v) is 13.0. The zero-order valence-corrected chi connectivity index (χ0v) is 47.6. The Morgan fingerprint density at radius 2 is 0.763 bits per heavy atom. The highest BCUT2D eigenvalue weighted by molar-refractivity contribution is 7.18. The number of hydrogen-bond acceptors (Lipinski definition) is 12. The molecular weight excluding hydrogens is 1120 g/mol. The van der Waals surface area contributed by atoms with Crippen molar-refractivity contribution in [3.05, 3.63) is 233 Å². The summed E-state index contributed by atoms with van der Waals surface area (Å²) in [6.45, 7) is 13.5. The normalized spacial score (nSPS) is 14.9. The summed E-state index contributed by atoms with van der Waals surface area (Å²) in [6, 6.07) is 42.7. The van der Waals surface area contributed by atoms with Gasteiger partial charge < -0.3 is 18.9 Å². The molecule has 12 rings (SSSR count). The van der Waals surface area contributed by atoms with Crippen LogP contribution in [0.5, 0.6) is 0 Å². The molecule has 0 fully saturated rings. The van der Waals surface area contributed by atoms with Crippen molar-refractivity contribution in [3.63, 3.8) is 0 Å². The molecule has 0 saturated carbocycles. The van der Waals surface area contributed by atoms with Gasteiger partial charge in [0, 0.05) is 53.6 Å². The molecule has 0 bridgehead atoms. The first-order valence-corrected chi connectivity index (χ1v) is 28.3. The molecule has 76 heavy (non-hydrogen) atoms. The fourth-order valence-electron chi connectivity index (χ4n) is 8.73. The Morgan fingerprint density at radius 3 is 1.14 bits per heavy atom. The molecule has 0 radical (unpaired) electrons. The van der Waals surface area contributed by atoms with E-state index in [4.69, 9.17) is 65.4 Å². The molecule has 0 spiro atoms. The monoisotopic (exact) mass is 1160 g/mol. The number of cyclic esters (lactones) is 3. The lowest BCUT2D eigenvalue weighted by Gasteiger charge is -2.09. The van der Waals surface area contributed by atoms with E-state index in [-0.39, 0.29) is 17.9 Å². The van der Waals surface area contributed by atoms with Gasteiger partial charge in [0.05, 0.1) is 39.8 Å². The first-order valence-electron chi connectivity index (χ1n) is 23.6. The third kappa shape index (κ3) is 12.1. The Balaban J connectivity index is 0.000000124. The number of halogens is 4. The molecule has 0 amide bonds. The second-order valence-electron chi connectivity index (χ2n) is 17.4. The molecule has 0 saturated heterocycles. The quantitative estimate of drug-likeness (QED) is 0.110. The largest absolute Gasteiger partial charge is 0.489 e. The first kappa shape index (κ1) is 54.5. The smallest absolute Gasteiger partial charge is 0.339 e. The predicted octanol–water partition coefficient (Wildman–Crippen LogP) is 17.1. The van der Waals surface area contributed by atoms with Gasteiger partial charge in [-0.1, -0.05) is 126 Å². The number of hydrogen-bond donors (Lipinski definition) is 0. The number of pyridine rings is 1. The molecule has 5 aromatic heterocycles. The van der Waals surface area contributed by atoms with Crippen molar-refractivity contribution >= 4 is 154 Å². The van der Waals surface area contributed by atoms with Crippen LogP contribution in [0.25, 0.3) is 44.6 Å². The Bertz CT molecular complexity index is 3570. The summed E-state index contributed by atoms with van der Waals surface area (Å²) in [5.41, 5.74) is 15.0. The average Bonchev–Trinajstić information content (AvgIpc) is 4.31. The molecule has 0 N–H and O–H groups in total. The third-order valence-corrected chi connectivity index (χ3v) is 17.8. The molecule has 0 unspecified atom stereocenters. The zero-order valence-electron chi connectivity index (χ0n) is 41.3. The summed E-state index contributed by atoms with van der Waals surface area (Å²) in [5.74, 6) is -0.0888. The maximum absolute atomic E-state index is 12.1. The summed E-state index contributed by atoms with van der Waals surface area (Å²) < 4.78 is 24.1. The summed E-state index contributed by atoms with van der Waals surface area (Å²) >= 11 is 29.9. The van der Waals surface area contributed by atoms with Gasteiger partial charge in [-0.05, 0) is 127 Å². The molecular formula is C60H45Cl4NO7S4. The number of carbonyl (C=O) groups is 3. The Labute approximate surface area is 476 Å². The number of benzene rings is 3. The van der Waals surface area contributed by atoms with Gasteiger partial charge in [0.15, 0.2) is 0 Å². The van der Waals surface area contributed by atoms with Crippen molar-refractivity contribution < 1.29 is 33.3 Å². The van der Waals surface area contributed by atoms with E-state index in [0.29, 0.717) is 61.9 Å². The van der Waals surface area contributed by atoms with E-state index in [9.17, 15) is 14.4 Å². The third-order valence-electron chi connectivity index (χ3n) is 12.6. The van der Waals surface area contributed by atoms with E-state index in [0.717, 1.165) is 90.8 Å². The van der Waals surface area contributed by atoms with Gasteiger partial charge in [0.2, 0.25) is 0 Å². The molecule has 0 aliphatic carbocycles. The lowest BCUT2D eigenvalue weighted by molar-refractivity contribution is -0.134. The Hall–Kier alpha value is -6.32. The van der Waals surface area contributed by atoms with Crippen LogP contribution in [-0.2, 0) is 33.3 Å². The molecule has 384 valence electrons. The number of aromatic nitrogens is 1. The maximum Gasteiger partial charge on any atom is 0.339 e. The summed E-state index contributed by atoms with van der Waals surface area (Å²) in [4.78, 5) is 44.6. The molecule has 4 aliphatic heterocycles. The van der Waals surface area contributed by atoms with Crippen LogP contribution < -0.4 is 0 Å². The maximum atomic E-state index is 12.1.